The molecule has 0 amide bonds. The topological polar surface area (TPSA) is 50.1 Å². The van der Waals surface area contributed by atoms with Crippen LogP contribution in [0, 0.1) is 11.3 Å². The van der Waals surface area contributed by atoms with E-state index < -0.39 is 18.0 Å². The molecule has 0 heterocycles. The third-order valence-electron chi connectivity index (χ3n) is 1.88. The lowest BCUT2D eigenvalue weighted by Gasteiger charge is -2.07. The molecule has 16 heavy (non-hydrogen) atoms. The molecule has 84 valence electrons. The van der Waals surface area contributed by atoms with E-state index in [0.717, 1.165) is 13.2 Å². The van der Waals surface area contributed by atoms with E-state index in [1.165, 1.54) is 6.07 Å². The number of carbonyl (C=O) groups is 1. The van der Waals surface area contributed by atoms with Crippen LogP contribution in [0.5, 0.6) is 0 Å². The summed E-state index contributed by atoms with van der Waals surface area (Å²) in [5.74, 6) is -0.758. The normalized spacial score (nSPS) is 10.0. The van der Waals surface area contributed by atoms with Crippen molar-refractivity contribution in [3.05, 3.63) is 33.3 Å². The van der Waals surface area contributed by atoms with Crippen LogP contribution < -0.4 is 0 Å². The van der Waals surface area contributed by atoms with Gasteiger partial charge in [0.1, 0.15) is 6.07 Å². The van der Waals surface area contributed by atoms with Gasteiger partial charge in [-0.2, -0.15) is 5.26 Å². The van der Waals surface area contributed by atoms with Crippen molar-refractivity contribution in [2.24, 2.45) is 0 Å². The first-order chi connectivity index (χ1) is 7.51. The Morgan fingerprint density at radius 2 is 2.19 bits per heavy atom. The molecule has 1 aromatic carbocycles. The summed E-state index contributed by atoms with van der Waals surface area (Å²) in [4.78, 5) is 11.2. The lowest BCUT2D eigenvalue weighted by Crippen LogP contribution is -2.04. The summed E-state index contributed by atoms with van der Waals surface area (Å²) in [7, 11) is 1.14. The molecule has 0 fully saturated rings. The average Bonchev–Trinajstić information content (AvgIpc) is 2.27. The quantitative estimate of drug-likeness (QED) is 0.786. The van der Waals surface area contributed by atoms with Crippen LogP contribution >= 0.6 is 15.9 Å². The molecular formula is C10H6BrF2NO2. The molecule has 0 aliphatic heterocycles. The molecule has 0 bridgehead atoms. The van der Waals surface area contributed by atoms with Crippen molar-refractivity contribution in [1.82, 2.24) is 0 Å². The van der Waals surface area contributed by atoms with Gasteiger partial charge in [0.05, 0.1) is 18.2 Å². The van der Waals surface area contributed by atoms with Crippen molar-refractivity contribution >= 4 is 21.9 Å². The van der Waals surface area contributed by atoms with Crippen molar-refractivity contribution in [1.29, 1.82) is 5.26 Å². The second kappa shape index (κ2) is 5.03. The van der Waals surface area contributed by atoms with Gasteiger partial charge < -0.3 is 4.74 Å². The van der Waals surface area contributed by atoms with Gasteiger partial charge in [0.25, 0.3) is 6.43 Å². The maximum atomic E-state index is 12.6. The number of ether oxygens (including phenoxy) is 1. The highest BCUT2D eigenvalue weighted by Gasteiger charge is 2.19. The summed E-state index contributed by atoms with van der Waals surface area (Å²) >= 11 is 2.89. The first kappa shape index (κ1) is 12.6. The number of rotatable bonds is 2. The monoisotopic (exact) mass is 289 g/mol. The van der Waals surface area contributed by atoms with Gasteiger partial charge in [-0.25, -0.2) is 13.6 Å². The van der Waals surface area contributed by atoms with Gasteiger partial charge >= 0.3 is 5.97 Å². The first-order valence-electron chi connectivity index (χ1n) is 4.11. The van der Waals surface area contributed by atoms with Gasteiger partial charge in [0.15, 0.2) is 0 Å². The largest absolute Gasteiger partial charge is 0.465 e. The Hall–Kier alpha value is -1.48. The number of hydrogen-bond donors (Lipinski definition) is 0. The van der Waals surface area contributed by atoms with E-state index in [0.29, 0.717) is 0 Å². The van der Waals surface area contributed by atoms with Gasteiger partial charge in [-0.15, -0.1) is 0 Å². The Bertz CT molecular complexity index is 469. The Balaban J connectivity index is 3.41. The van der Waals surface area contributed by atoms with Crippen molar-refractivity contribution in [3.63, 3.8) is 0 Å². The molecule has 0 unspecified atom stereocenters. The first-order valence-corrected chi connectivity index (χ1v) is 4.90. The fraction of sp³-hybridized carbons (Fsp3) is 0.200. The molecule has 0 saturated carbocycles. The zero-order valence-electron chi connectivity index (χ0n) is 8.13. The molecule has 0 saturated heterocycles. The van der Waals surface area contributed by atoms with Gasteiger partial charge in [-0.3, -0.25) is 0 Å². The van der Waals surface area contributed by atoms with Gasteiger partial charge in [0.2, 0.25) is 0 Å². The summed E-state index contributed by atoms with van der Waals surface area (Å²) < 4.78 is 29.6. The molecule has 6 heteroatoms. The van der Waals surface area contributed by atoms with Crippen LogP contribution in [0.2, 0.25) is 0 Å². The summed E-state index contributed by atoms with van der Waals surface area (Å²) in [5.41, 5.74) is -0.504. The van der Waals surface area contributed by atoms with Crippen molar-refractivity contribution in [2.75, 3.05) is 7.11 Å². The maximum Gasteiger partial charge on any atom is 0.337 e. The number of nitrogens with zero attached hydrogens (tertiary/aromatic N) is 1. The number of halogens is 3. The Labute approximate surface area is 98.8 Å². The van der Waals surface area contributed by atoms with E-state index >= 15 is 0 Å². The predicted molar refractivity (Wildman–Crippen MR) is 55.2 cm³/mol. The third kappa shape index (κ3) is 2.36. The van der Waals surface area contributed by atoms with Crippen molar-refractivity contribution in [2.45, 2.75) is 6.43 Å². The second-order valence-corrected chi connectivity index (χ2v) is 3.62. The summed E-state index contributed by atoms with van der Waals surface area (Å²) in [6, 6.07) is 3.92. The van der Waals surface area contributed by atoms with Crippen molar-refractivity contribution in [3.8, 4) is 6.07 Å². The van der Waals surface area contributed by atoms with Crippen LogP contribution in [0.25, 0.3) is 0 Å². The third-order valence-corrected chi connectivity index (χ3v) is 2.76. The number of alkyl halides is 2. The number of nitriles is 1. The number of methoxy groups -OCH3 is 1. The minimum absolute atomic E-state index is 0.00217. The Kier molecular flexibility index (Phi) is 3.96. The second-order valence-electron chi connectivity index (χ2n) is 2.83. The molecule has 0 aliphatic rings. The van der Waals surface area contributed by atoms with Crippen LogP contribution in [0.15, 0.2) is 16.6 Å². The molecule has 3 nitrogen and oxygen atoms in total. The number of hydrogen-bond acceptors (Lipinski definition) is 3. The van der Waals surface area contributed by atoms with E-state index in [1.54, 1.807) is 6.07 Å². The zero-order valence-corrected chi connectivity index (χ0v) is 9.72. The smallest absolute Gasteiger partial charge is 0.337 e. The zero-order chi connectivity index (χ0) is 12.3. The van der Waals surface area contributed by atoms with Crippen LogP contribution in [-0.4, -0.2) is 13.1 Å². The Morgan fingerprint density at radius 1 is 1.56 bits per heavy atom. The molecule has 0 N–H and O–H groups in total. The van der Waals surface area contributed by atoms with Crippen molar-refractivity contribution < 1.29 is 18.3 Å². The van der Waals surface area contributed by atoms with Crippen LogP contribution in [-0.2, 0) is 4.74 Å². The minimum atomic E-state index is -2.77. The Morgan fingerprint density at radius 3 is 2.62 bits per heavy atom. The number of benzene rings is 1. The summed E-state index contributed by atoms with van der Waals surface area (Å²) in [6.45, 7) is 0. The fourth-order valence-corrected chi connectivity index (χ4v) is 1.61. The van der Waals surface area contributed by atoms with E-state index in [9.17, 15) is 13.6 Å². The fourth-order valence-electron chi connectivity index (χ4n) is 1.12. The average molecular weight is 290 g/mol. The molecular weight excluding hydrogens is 284 g/mol. The number of esters is 1. The molecule has 1 rings (SSSR count). The molecule has 0 atom stereocenters. The lowest BCUT2D eigenvalue weighted by atomic mass is 10.1. The van der Waals surface area contributed by atoms with E-state index in [1.807, 2.05) is 0 Å². The van der Waals surface area contributed by atoms with Gasteiger partial charge in [-0.05, 0) is 28.1 Å². The van der Waals surface area contributed by atoms with E-state index in [2.05, 4.69) is 20.7 Å². The maximum absolute atomic E-state index is 12.6. The summed E-state index contributed by atoms with van der Waals surface area (Å²) in [5, 5.41) is 8.73. The summed E-state index contributed by atoms with van der Waals surface area (Å²) in [6.07, 6.45) is -2.77. The lowest BCUT2D eigenvalue weighted by molar-refractivity contribution is 0.0600. The van der Waals surface area contributed by atoms with Crippen LogP contribution in [0.3, 0.4) is 0 Å². The van der Waals surface area contributed by atoms with Gasteiger partial charge in [-0.1, -0.05) is 0 Å². The van der Waals surface area contributed by atoms with Gasteiger partial charge in [0, 0.05) is 10.0 Å². The standard InChI is InChI=1S/C10H6BrF2NO2/c1-16-10(15)5-2-6(4-14)8(11)7(3-5)9(12)13/h2-3,9H,1H3. The highest BCUT2D eigenvalue weighted by atomic mass is 79.9. The van der Waals surface area contributed by atoms with Crippen LogP contribution in [0.1, 0.15) is 27.9 Å². The molecule has 0 aromatic heterocycles. The molecule has 0 radical (unpaired) electrons. The highest BCUT2D eigenvalue weighted by Crippen LogP contribution is 2.31. The SMILES string of the molecule is COC(=O)c1cc(C#N)c(Br)c(C(F)F)c1. The van der Waals surface area contributed by atoms with Crippen LogP contribution in [0.4, 0.5) is 8.78 Å². The highest BCUT2D eigenvalue weighted by molar-refractivity contribution is 9.10. The molecule has 1 aromatic rings. The number of carbonyl (C=O) groups excluding carboxylic acids is 1. The minimum Gasteiger partial charge on any atom is -0.465 e. The van der Waals surface area contributed by atoms with E-state index in [4.69, 9.17) is 5.26 Å². The van der Waals surface area contributed by atoms with E-state index in [-0.39, 0.29) is 15.6 Å². The molecule has 0 aliphatic carbocycles. The molecule has 0 spiro atoms. The predicted octanol–water partition coefficient (Wildman–Crippen LogP) is 3.04.